The van der Waals surface area contributed by atoms with E-state index in [9.17, 15) is 5.11 Å². The molecule has 1 rings (SSSR count). The van der Waals surface area contributed by atoms with Crippen LogP contribution in [-0.4, -0.2) is 42.0 Å². The summed E-state index contributed by atoms with van der Waals surface area (Å²) < 4.78 is 10.8. The third kappa shape index (κ3) is 2.25. The van der Waals surface area contributed by atoms with Crippen molar-refractivity contribution in [3.8, 4) is 0 Å². The summed E-state index contributed by atoms with van der Waals surface area (Å²) in [6.07, 6.45) is -0.697. The molecule has 0 aromatic carbocycles. The fourth-order valence-corrected chi connectivity index (χ4v) is 1.38. The van der Waals surface area contributed by atoms with Crippen LogP contribution < -0.4 is 5.73 Å². The number of aliphatic hydroxyl groups excluding tert-OH is 1. The topological polar surface area (TPSA) is 88.6 Å². The first-order valence-electron chi connectivity index (χ1n) is 4.24. The van der Waals surface area contributed by atoms with Crippen molar-refractivity contribution in [1.29, 1.82) is 5.41 Å². The molecule has 76 valence electrons. The lowest BCUT2D eigenvalue weighted by atomic mass is 10.1. The van der Waals surface area contributed by atoms with Crippen molar-refractivity contribution in [2.75, 3.05) is 6.54 Å². The number of aliphatic hydroxyl groups is 1. The molecular formula is C8H16N2O3. The van der Waals surface area contributed by atoms with Crippen LogP contribution in [0.25, 0.3) is 0 Å². The molecule has 1 aliphatic heterocycles. The van der Waals surface area contributed by atoms with Gasteiger partial charge >= 0.3 is 0 Å². The van der Waals surface area contributed by atoms with Crippen LogP contribution in [0.2, 0.25) is 0 Å². The molecule has 13 heavy (non-hydrogen) atoms. The van der Waals surface area contributed by atoms with Crippen LogP contribution in [0.1, 0.15) is 13.8 Å². The molecule has 1 saturated heterocycles. The Kier molecular flexibility index (Phi) is 3.02. The minimum absolute atomic E-state index is 0.106. The molecule has 0 aromatic rings. The minimum atomic E-state index is -0.784. The number of nitrogens with two attached hydrogens (primary N) is 1. The lowest BCUT2D eigenvalue weighted by Gasteiger charge is -2.19. The highest BCUT2D eigenvalue weighted by molar-refractivity contribution is 5.61. The van der Waals surface area contributed by atoms with Gasteiger partial charge in [-0.2, -0.15) is 0 Å². The molecule has 1 aliphatic rings. The number of hydrogen-bond donors (Lipinski definition) is 3. The Bertz CT molecular complexity index is 196. The zero-order valence-electron chi connectivity index (χ0n) is 7.86. The van der Waals surface area contributed by atoms with Crippen molar-refractivity contribution in [3.63, 3.8) is 0 Å². The van der Waals surface area contributed by atoms with Gasteiger partial charge in [0.2, 0.25) is 0 Å². The third-order valence-corrected chi connectivity index (χ3v) is 1.95. The van der Waals surface area contributed by atoms with Crippen molar-refractivity contribution < 1.29 is 14.6 Å². The summed E-state index contributed by atoms with van der Waals surface area (Å²) in [5, 5.41) is 16.6. The molecule has 0 spiro atoms. The summed E-state index contributed by atoms with van der Waals surface area (Å²) in [6, 6.07) is 0. The zero-order chi connectivity index (χ0) is 10.1. The second-order valence-corrected chi connectivity index (χ2v) is 3.53. The van der Waals surface area contributed by atoms with Crippen LogP contribution >= 0.6 is 0 Å². The average molecular weight is 188 g/mol. The van der Waals surface area contributed by atoms with Crippen LogP contribution in [0.4, 0.5) is 0 Å². The van der Waals surface area contributed by atoms with E-state index in [0.29, 0.717) is 0 Å². The van der Waals surface area contributed by atoms with Gasteiger partial charge in [0.1, 0.15) is 12.2 Å². The van der Waals surface area contributed by atoms with Gasteiger partial charge in [0.15, 0.2) is 5.79 Å². The number of nitrogens with one attached hydrogen (secondary N) is 1. The minimum Gasteiger partial charge on any atom is -0.389 e. The van der Waals surface area contributed by atoms with E-state index in [1.807, 2.05) is 0 Å². The van der Waals surface area contributed by atoms with Crippen molar-refractivity contribution in [2.45, 2.75) is 37.9 Å². The van der Waals surface area contributed by atoms with Crippen molar-refractivity contribution in [1.82, 2.24) is 0 Å². The molecule has 0 aromatic heterocycles. The lowest BCUT2D eigenvalue weighted by molar-refractivity contribution is -0.151. The normalized spacial score (nSPS) is 34.5. The SMILES string of the molecule is CC1(C)O[C@H]([C@H](O)CN)[C@@H](C=N)O1. The summed E-state index contributed by atoms with van der Waals surface area (Å²) in [5.41, 5.74) is 5.30. The first-order chi connectivity index (χ1) is 6.00. The van der Waals surface area contributed by atoms with E-state index >= 15 is 0 Å². The van der Waals surface area contributed by atoms with E-state index in [-0.39, 0.29) is 6.54 Å². The molecule has 4 N–H and O–H groups in total. The average Bonchev–Trinajstić information content (AvgIpc) is 2.39. The number of ether oxygens (including phenoxy) is 2. The standard InChI is InChI=1S/C8H16N2O3/c1-8(2)12-6(4-10)7(13-8)5(11)3-9/h4-7,10-11H,3,9H2,1-2H3/t5-,6-,7-/m1/s1. The second-order valence-electron chi connectivity index (χ2n) is 3.53. The Balaban J connectivity index is 2.68. The summed E-state index contributed by atoms with van der Waals surface area (Å²) in [5.74, 6) is -0.747. The second kappa shape index (κ2) is 3.71. The van der Waals surface area contributed by atoms with Gasteiger partial charge in [-0.1, -0.05) is 0 Å². The van der Waals surface area contributed by atoms with Gasteiger partial charge in [-0.05, 0) is 13.8 Å². The van der Waals surface area contributed by atoms with Gasteiger partial charge in [-0.15, -0.1) is 0 Å². The highest BCUT2D eigenvalue weighted by Gasteiger charge is 2.43. The maximum absolute atomic E-state index is 9.46. The number of hydrogen-bond acceptors (Lipinski definition) is 5. The predicted octanol–water partition coefficient (Wildman–Crippen LogP) is -0.524. The molecule has 3 atom stereocenters. The summed E-state index contributed by atoms with van der Waals surface area (Å²) in [7, 11) is 0. The van der Waals surface area contributed by atoms with Crippen LogP contribution in [0.3, 0.4) is 0 Å². The zero-order valence-corrected chi connectivity index (χ0v) is 7.86. The maximum atomic E-state index is 9.46. The molecule has 0 bridgehead atoms. The van der Waals surface area contributed by atoms with Crippen LogP contribution in [-0.2, 0) is 9.47 Å². The van der Waals surface area contributed by atoms with Gasteiger partial charge in [0.25, 0.3) is 0 Å². The summed E-state index contributed by atoms with van der Waals surface area (Å²) in [6.45, 7) is 3.59. The van der Waals surface area contributed by atoms with Gasteiger partial charge in [0, 0.05) is 12.8 Å². The molecule has 5 nitrogen and oxygen atoms in total. The Morgan fingerprint density at radius 1 is 1.62 bits per heavy atom. The largest absolute Gasteiger partial charge is 0.389 e. The van der Waals surface area contributed by atoms with Crippen molar-refractivity contribution in [3.05, 3.63) is 0 Å². The van der Waals surface area contributed by atoms with E-state index in [4.69, 9.17) is 20.6 Å². The Morgan fingerprint density at radius 3 is 2.69 bits per heavy atom. The molecular weight excluding hydrogens is 172 g/mol. The van der Waals surface area contributed by atoms with Gasteiger partial charge in [-0.3, -0.25) is 0 Å². The molecule has 0 aliphatic carbocycles. The maximum Gasteiger partial charge on any atom is 0.164 e. The van der Waals surface area contributed by atoms with Crippen LogP contribution in [0.15, 0.2) is 0 Å². The van der Waals surface area contributed by atoms with E-state index in [1.54, 1.807) is 13.8 Å². The van der Waals surface area contributed by atoms with E-state index in [2.05, 4.69) is 0 Å². The van der Waals surface area contributed by atoms with Crippen molar-refractivity contribution >= 4 is 6.21 Å². The molecule has 1 heterocycles. The Morgan fingerprint density at radius 2 is 2.23 bits per heavy atom. The van der Waals surface area contributed by atoms with Crippen molar-refractivity contribution in [2.24, 2.45) is 5.73 Å². The van der Waals surface area contributed by atoms with E-state index in [0.717, 1.165) is 6.21 Å². The fraction of sp³-hybridized carbons (Fsp3) is 0.875. The van der Waals surface area contributed by atoms with Gasteiger partial charge in [-0.25, -0.2) is 0 Å². The van der Waals surface area contributed by atoms with E-state index in [1.165, 1.54) is 0 Å². The Labute approximate surface area is 77.3 Å². The predicted molar refractivity (Wildman–Crippen MR) is 47.7 cm³/mol. The first-order valence-corrected chi connectivity index (χ1v) is 4.24. The molecule has 1 fully saturated rings. The Hall–Kier alpha value is -0.490. The molecule has 0 radical (unpaired) electrons. The quantitative estimate of drug-likeness (QED) is 0.520. The fourth-order valence-electron chi connectivity index (χ4n) is 1.38. The smallest absolute Gasteiger partial charge is 0.164 e. The molecule has 5 heteroatoms. The van der Waals surface area contributed by atoms with Crippen LogP contribution in [0, 0.1) is 5.41 Å². The van der Waals surface area contributed by atoms with Crippen LogP contribution in [0.5, 0.6) is 0 Å². The molecule has 0 saturated carbocycles. The summed E-state index contributed by atoms with van der Waals surface area (Å²) >= 11 is 0. The van der Waals surface area contributed by atoms with Gasteiger partial charge in [0.05, 0.1) is 6.10 Å². The molecule has 0 amide bonds. The first kappa shape index (κ1) is 10.6. The third-order valence-electron chi connectivity index (χ3n) is 1.95. The van der Waals surface area contributed by atoms with E-state index < -0.39 is 24.1 Å². The lowest BCUT2D eigenvalue weighted by Crippen LogP contribution is -2.40. The van der Waals surface area contributed by atoms with Gasteiger partial charge < -0.3 is 25.7 Å². The summed E-state index contributed by atoms with van der Waals surface area (Å²) in [4.78, 5) is 0. The monoisotopic (exact) mass is 188 g/mol. The highest BCUT2D eigenvalue weighted by atomic mass is 16.8. The molecule has 0 unspecified atom stereocenters. The highest BCUT2D eigenvalue weighted by Crippen LogP contribution is 2.28. The number of rotatable bonds is 3.